The second-order valence-corrected chi connectivity index (χ2v) is 34.3. The summed E-state index contributed by atoms with van der Waals surface area (Å²) in [5, 5.41) is 10.7. The Hall–Kier alpha value is -1.94. The molecule has 105 heavy (non-hydrogen) atoms. The molecule has 0 rings (SSSR count). The SMILES string of the molecule is CCCCCCCCCCCCCCCCCCCCCCC(=O)O[C@H](COC(=O)CCCCCCCCCCCCCCCCCCCC)COP(=O)(O)OC[C@@H](O)COP(=O)(O)OC[C@@H](COC(=O)CCCCCCCCCCCCCC)OC(=O)CCCCCCCCCCCCCCC(C)C. The third-order valence-corrected chi connectivity index (χ3v) is 22.2. The lowest BCUT2D eigenvalue weighted by molar-refractivity contribution is -0.161. The Balaban J connectivity index is 5.25. The first-order valence-electron chi connectivity index (χ1n) is 44.6. The van der Waals surface area contributed by atoms with Crippen LogP contribution < -0.4 is 0 Å². The molecule has 0 spiro atoms. The number of carbonyl (C=O) groups is 4. The molecular weight excluding hydrogens is 1370 g/mol. The van der Waals surface area contributed by atoms with Crippen LogP contribution in [0.1, 0.15) is 465 Å². The number of aliphatic hydroxyl groups excluding tert-OH is 1. The summed E-state index contributed by atoms with van der Waals surface area (Å²) in [6.07, 6.45) is 72.1. The van der Waals surface area contributed by atoms with Gasteiger partial charge in [0.25, 0.3) is 0 Å². The minimum atomic E-state index is -4.97. The van der Waals surface area contributed by atoms with Gasteiger partial charge in [0.1, 0.15) is 19.3 Å². The molecule has 0 amide bonds. The van der Waals surface area contributed by atoms with Crippen LogP contribution in [0.2, 0.25) is 0 Å². The Kier molecular flexibility index (Phi) is 77.3. The van der Waals surface area contributed by atoms with Crippen molar-refractivity contribution in [3.05, 3.63) is 0 Å². The highest BCUT2D eigenvalue weighted by molar-refractivity contribution is 7.47. The van der Waals surface area contributed by atoms with Crippen LogP contribution in [0.4, 0.5) is 0 Å². The zero-order chi connectivity index (χ0) is 76.9. The summed E-state index contributed by atoms with van der Waals surface area (Å²) in [6, 6.07) is 0. The molecule has 0 radical (unpaired) electrons. The summed E-state index contributed by atoms with van der Waals surface area (Å²) < 4.78 is 68.9. The van der Waals surface area contributed by atoms with E-state index in [4.69, 9.17) is 37.0 Å². The number of aliphatic hydroxyl groups is 1. The highest BCUT2D eigenvalue weighted by Crippen LogP contribution is 2.45. The van der Waals surface area contributed by atoms with Crippen LogP contribution in [0.25, 0.3) is 0 Å². The molecule has 0 fully saturated rings. The van der Waals surface area contributed by atoms with Gasteiger partial charge in [-0.15, -0.1) is 0 Å². The molecular formula is C86H168O17P2. The molecule has 0 aliphatic rings. The van der Waals surface area contributed by atoms with Crippen molar-refractivity contribution >= 4 is 39.5 Å². The van der Waals surface area contributed by atoms with Gasteiger partial charge in [0, 0.05) is 25.7 Å². The van der Waals surface area contributed by atoms with Crippen LogP contribution in [0.5, 0.6) is 0 Å². The Morgan fingerprint density at radius 3 is 0.648 bits per heavy atom. The largest absolute Gasteiger partial charge is 0.472 e. The second kappa shape index (κ2) is 78.7. The van der Waals surface area contributed by atoms with E-state index in [-0.39, 0.29) is 25.7 Å². The Morgan fingerprint density at radius 2 is 0.438 bits per heavy atom. The van der Waals surface area contributed by atoms with Crippen molar-refractivity contribution in [1.29, 1.82) is 0 Å². The van der Waals surface area contributed by atoms with E-state index >= 15 is 0 Å². The number of unbranched alkanes of at least 4 members (excludes halogenated alkanes) is 58. The number of hydrogen-bond acceptors (Lipinski definition) is 15. The lowest BCUT2D eigenvalue weighted by Crippen LogP contribution is -2.30. The van der Waals surface area contributed by atoms with Gasteiger partial charge in [-0.05, 0) is 31.6 Å². The van der Waals surface area contributed by atoms with Crippen LogP contribution in [0.15, 0.2) is 0 Å². The van der Waals surface area contributed by atoms with E-state index in [1.807, 2.05) is 0 Å². The third kappa shape index (κ3) is 79.9. The molecule has 0 bridgehead atoms. The Bertz CT molecular complexity index is 2000. The standard InChI is InChI=1S/C86H168O17P2/c1-6-9-12-15-18-21-24-27-29-31-33-34-36-38-40-46-51-56-61-66-71-85(90)102-82(76-97-84(89)70-65-60-55-50-45-39-37-35-32-30-28-25-22-19-16-13-10-7-2)78-101-105(94,95)99-74-80(87)73-98-104(92,93)100-77-81(75-96-83(88)69-64-59-54-49-44-26-23-20-17-14-11-8-3)103-86(91)72-67-62-57-52-47-42-41-43-48-53-58-63-68-79(4)5/h79-82,87H,6-78H2,1-5H3,(H,92,93)(H,94,95)/t80-,81+,82+/m0/s1. The van der Waals surface area contributed by atoms with Gasteiger partial charge in [0.2, 0.25) is 0 Å². The molecule has 624 valence electrons. The Labute approximate surface area is 645 Å². The lowest BCUT2D eigenvalue weighted by Gasteiger charge is -2.21. The van der Waals surface area contributed by atoms with Crippen molar-refractivity contribution in [1.82, 2.24) is 0 Å². The first-order valence-corrected chi connectivity index (χ1v) is 47.6. The van der Waals surface area contributed by atoms with E-state index in [1.54, 1.807) is 0 Å². The topological polar surface area (TPSA) is 237 Å². The smallest absolute Gasteiger partial charge is 0.462 e. The monoisotopic (exact) mass is 1540 g/mol. The number of hydrogen-bond donors (Lipinski definition) is 3. The van der Waals surface area contributed by atoms with E-state index in [1.165, 1.54) is 289 Å². The molecule has 0 aromatic carbocycles. The number of carbonyl (C=O) groups excluding carboxylic acids is 4. The number of phosphoric ester groups is 2. The lowest BCUT2D eigenvalue weighted by atomic mass is 10.0. The van der Waals surface area contributed by atoms with Crippen LogP contribution >= 0.6 is 15.6 Å². The molecule has 0 aliphatic carbocycles. The first-order chi connectivity index (χ1) is 51.0. The van der Waals surface area contributed by atoms with Gasteiger partial charge in [-0.3, -0.25) is 37.3 Å². The molecule has 17 nitrogen and oxygen atoms in total. The Morgan fingerprint density at radius 1 is 0.257 bits per heavy atom. The second-order valence-electron chi connectivity index (χ2n) is 31.4. The fourth-order valence-corrected chi connectivity index (χ4v) is 15.1. The maximum atomic E-state index is 13.1. The number of esters is 4. The van der Waals surface area contributed by atoms with Gasteiger partial charge < -0.3 is 33.8 Å². The van der Waals surface area contributed by atoms with Crippen molar-refractivity contribution in [2.45, 2.75) is 483 Å². The zero-order valence-electron chi connectivity index (χ0n) is 68.9. The third-order valence-electron chi connectivity index (χ3n) is 20.3. The maximum Gasteiger partial charge on any atom is 0.472 e. The molecule has 0 aliphatic heterocycles. The van der Waals surface area contributed by atoms with E-state index < -0.39 is 97.5 Å². The predicted octanol–water partition coefficient (Wildman–Crippen LogP) is 26.4. The van der Waals surface area contributed by atoms with Crippen molar-refractivity contribution in [3.63, 3.8) is 0 Å². The van der Waals surface area contributed by atoms with Crippen molar-refractivity contribution in [3.8, 4) is 0 Å². The molecule has 0 aromatic rings. The quantitative estimate of drug-likeness (QED) is 0.0222. The van der Waals surface area contributed by atoms with Crippen molar-refractivity contribution < 1.29 is 80.2 Å². The zero-order valence-corrected chi connectivity index (χ0v) is 70.7. The summed E-state index contributed by atoms with van der Waals surface area (Å²) >= 11 is 0. The van der Waals surface area contributed by atoms with Crippen LogP contribution in [-0.4, -0.2) is 96.7 Å². The van der Waals surface area contributed by atoms with Crippen molar-refractivity contribution in [2.75, 3.05) is 39.6 Å². The highest BCUT2D eigenvalue weighted by atomic mass is 31.2. The fourth-order valence-electron chi connectivity index (χ4n) is 13.5. The van der Waals surface area contributed by atoms with Gasteiger partial charge in [-0.2, -0.15) is 0 Å². The number of ether oxygens (including phenoxy) is 4. The predicted molar refractivity (Wildman–Crippen MR) is 432 cm³/mol. The molecule has 0 saturated heterocycles. The summed E-state index contributed by atoms with van der Waals surface area (Å²) in [4.78, 5) is 73.2. The van der Waals surface area contributed by atoms with E-state index in [2.05, 4.69) is 34.6 Å². The van der Waals surface area contributed by atoms with E-state index in [9.17, 15) is 43.2 Å². The molecule has 3 N–H and O–H groups in total. The number of rotatable bonds is 86. The molecule has 0 heterocycles. The van der Waals surface area contributed by atoms with Crippen molar-refractivity contribution in [2.24, 2.45) is 5.92 Å². The van der Waals surface area contributed by atoms with E-state index in [0.717, 1.165) is 95.8 Å². The minimum Gasteiger partial charge on any atom is -0.462 e. The van der Waals surface area contributed by atoms with Crippen LogP contribution in [0, 0.1) is 5.92 Å². The van der Waals surface area contributed by atoms with Gasteiger partial charge in [0.15, 0.2) is 12.2 Å². The molecule has 5 atom stereocenters. The normalized spacial score (nSPS) is 13.8. The summed E-state index contributed by atoms with van der Waals surface area (Å²) in [5.41, 5.74) is 0. The molecule has 2 unspecified atom stereocenters. The summed E-state index contributed by atoms with van der Waals surface area (Å²) in [5.74, 6) is -1.32. The molecule has 0 aromatic heterocycles. The van der Waals surface area contributed by atoms with Gasteiger partial charge in [0.05, 0.1) is 26.4 Å². The van der Waals surface area contributed by atoms with Gasteiger partial charge in [-0.25, -0.2) is 9.13 Å². The van der Waals surface area contributed by atoms with E-state index in [0.29, 0.717) is 25.7 Å². The van der Waals surface area contributed by atoms with Gasteiger partial charge in [-0.1, -0.05) is 413 Å². The minimum absolute atomic E-state index is 0.108. The van der Waals surface area contributed by atoms with Gasteiger partial charge >= 0.3 is 39.5 Å². The molecule has 19 heteroatoms. The highest BCUT2D eigenvalue weighted by Gasteiger charge is 2.30. The first kappa shape index (κ1) is 103. The summed E-state index contributed by atoms with van der Waals surface area (Å²) in [6.45, 7) is 7.38. The number of phosphoric acid groups is 2. The average molecular weight is 1540 g/mol. The summed E-state index contributed by atoms with van der Waals surface area (Å²) in [7, 11) is -9.93. The maximum absolute atomic E-state index is 13.1. The van der Waals surface area contributed by atoms with Crippen LogP contribution in [-0.2, 0) is 65.4 Å². The average Bonchev–Trinajstić information content (AvgIpc) is 1.01. The molecule has 0 saturated carbocycles. The fraction of sp³-hybridized carbons (Fsp3) is 0.953. The van der Waals surface area contributed by atoms with Crippen LogP contribution in [0.3, 0.4) is 0 Å².